The van der Waals surface area contributed by atoms with E-state index in [-0.39, 0.29) is 18.0 Å². The molecule has 0 radical (unpaired) electrons. The van der Waals surface area contributed by atoms with Crippen molar-refractivity contribution in [2.75, 3.05) is 19.6 Å². The lowest BCUT2D eigenvalue weighted by atomic mass is 9.85. The van der Waals surface area contributed by atoms with Gasteiger partial charge < -0.3 is 15.3 Å². The first-order valence-corrected chi connectivity index (χ1v) is 7.46. The summed E-state index contributed by atoms with van der Waals surface area (Å²) >= 11 is 0. The minimum absolute atomic E-state index is 0.136. The van der Waals surface area contributed by atoms with Gasteiger partial charge in [-0.15, -0.1) is 0 Å². The van der Waals surface area contributed by atoms with E-state index in [1.54, 1.807) is 6.92 Å². The van der Waals surface area contributed by atoms with Crippen LogP contribution in [0.15, 0.2) is 0 Å². The molecule has 0 aromatic heterocycles. The van der Waals surface area contributed by atoms with Gasteiger partial charge in [0.15, 0.2) is 0 Å². The molecule has 1 fully saturated rings. The van der Waals surface area contributed by atoms with Gasteiger partial charge in [0.25, 0.3) is 0 Å². The molecule has 1 unspecified atom stereocenters. The van der Waals surface area contributed by atoms with Crippen LogP contribution in [0.2, 0.25) is 0 Å². The van der Waals surface area contributed by atoms with Crippen LogP contribution >= 0.6 is 0 Å². The summed E-state index contributed by atoms with van der Waals surface area (Å²) in [5.74, 6) is -0.864. The Balaban J connectivity index is 2.53. The molecule has 1 aliphatic heterocycles. The van der Waals surface area contributed by atoms with Crippen LogP contribution in [0.5, 0.6) is 0 Å². The van der Waals surface area contributed by atoms with Crippen molar-refractivity contribution >= 4 is 12.0 Å². The third-order valence-corrected chi connectivity index (χ3v) is 4.55. The number of urea groups is 1. The summed E-state index contributed by atoms with van der Waals surface area (Å²) < 4.78 is 0. The number of carbonyl (C=O) groups is 2. The van der Waals surface area contributed by atoms with Gasteiger partial charge in [-0.2, -0.15) is 0 Å². The lowest BCUT2D eigenvalue weighted by molar-refractivity contribution is -0.147. The third-order valence-electron chi connectivity index (χ3n) is 4.55. The predicted molar refractivity (Wildman–Crippen MR) is 78.6 cm³/mol. The number of nitrogens with zero attached hydrogens (tertiary/aromatic N) is 1. The Bertz CT molecular complexity index is 368. The van der Waals surface area contributed by atoms with Crippen molar-refractivity contribution < 1.29 is 14.7 Å². The topological polar surface area (TPSA) is 69.6 Å². The SMILES string of the molecule is CCC(C)(CNC(=O)N1CCCC(C)(C)CC1)C(=O)O. The minimum atomic E-state index is -0.888. The van der Waals surface area contributed by atoms with E-state index < -0.39 is 11.4 Å². The summed E-state index contributed by atoms with van der Waals surface area (Å²) in [7, 11) is 0. The molecule has 0 saturated carbocycles. The summed E-state index contributed by atoms with van der Waals surface area (Å²) in [5, 5.41) is 12.0. The molecular formula is C15H28N2O3. The Kier molecular flexibility index (Phi) is 5.42. The normalized spacial score (nSPS) is 21.7. The van der Waals surface area contributed by atoms with Crippen molar-refractivity contribution in [3.8, 4) is 0 Å². The van der Waals surface area contributed by atoms with Crippen molar-refractivity contribution in [3.05, 3.63) is 0 Å². The zero-order valence-corrected chi connectivity index (χ0v) is 13.2. The van der Waals surface area contributed by atoms with E-state index in [0.29, 0.717) is 6.42 Å². The second kappa shape index (κ2) is 6.46. The van der Waals surface area contributed by atoms with E-state index in [1.165, 1.54) is 0 Å². The summed E-state index contributed by atoms with van der Waals surface area (Å²) in [6, 6.07) is -0.136. The van der Waals surface area contributed by atoms with Gasteiger partial charge in [0, 0.05) is 19.6 Å². The Labute approximate surface area is 121 Å². The van der Waals surface area contributed by atoms with Gasteiger partial charge in [-0.3, -0.25) is 4.79 Å². The molecule has 0 aliphatic carbocycles. The molecule has 1 heterocycles. The van der Waals surface area contributed by atoms with Gasteiger partial charge in [0.2, 0.25) is 0 Å². The molecule has 0 aromatic rings. The van der Waals surface area contributed by atoms with Gasteiger partial charge in [-0.25, -0.2) is 4.79 Å². The summed E-state index contributed by atoms with van der Waals surface area (Å²) in [6.45, 7) is 9.63. The number of amides is 2. The molecule has 20 heavy (non-hydrogen) atoms. The van der Waals surface area contributed by atoms with E-state index in [4.69, 9.17) is 0 Å². The summed E-state index contributed by atoms with van der Waals surface area (Å²) in [5.41, 5.74) is -0.602. The summed E-state index contributed by atoms with van der Waals surface area (Å²) in [4.78, 5) is 25.2. The lowest BCUT2D eigenvalue weighted by Gasteiger charge is -2.27. The number of nitrogens with one attached hydrogen (secondary N) is 1. The van der Waals surface area contributed by atoms with Crippen molar-refractivity contribution in [1.29, 1.82) is 0 Å². The second-order valence-electron chi connectivity index (χ2n) is 6.88. The molecule has 0 aromatic carbocycles. The van der Waals surface area contributed by atoms with E-state index in [0.717, 1.165) is 32.4 Å². The average Bonchev–Trinajstić information content (AvgIpc) is 2.56. The first-order valence-electron chi connectivity index (χ1n) is 7.46. The zero-order valence-electron chi connectivity index (χ0n) is 13.2. The first kappa shape index (κ1) is 16.8. The fourth-order valence-corrected chi connectivity index (χ4v) is 2.36. The van der Waals surface area contributed by atoms with Gasteiger partial charge in [0.05, 0.1) is 5.41 Å². The number of aliphatic carboxylic acids is 1. The highest BCUT2D eigenvalue weighted by Gasteiger charge is 2.32. The predicted octanol–water partition coefficient (Wildman–Crippen LogP) is 2.71. The molecule has 1 atom stereocenters. The quantitative estimate of drug-likeness (QED) is 0.834. The molecule has 116 valence electrons. The molecule has 0 bridgehead atoms. The Hall–Kier alpha value is -1.26. The Morgan fingerprint density at radius 2 is 1.95 bits per heavy atom. The molecule has 1 rings (SSSR count). The second-order valence-corrected chi connectivity index (χ2v) is 6.88. The molecule has 0 spiro atoms. The van der Waals surface area contributed by atoms with Crippen LogP contribution < -0.4 is 5.32 Å². The standard InChI is InChI=1S/C15H28N2O3/c1-5-15(4,12(18)19)11-16-13(20)17-9-6-7-14(2,3)8-10-17/h5-11H2,1-4H3,(H,16,20)(H,18,19). The maximum absolute atomic E-state index is 12.2. The van der Waals surface area contributed by atoms with Crippen LogP contribution in [0.3, 0.4) is 0 Å². The van der Waals surface area contributed by atoms with Gasteiger partial charge >= 0.3 is 12.0 Å². The maximum Gasteiger partial charge on any atom is 0.317 e. The molecule has 1 aliphatic rings. The number of carbonyl (C=O) groups excluding carboxylic acids is 1. The number of likely N-dealkylation sites (tertiary alicyclic amines) is 1. The van der Waals surface area contributed by atoms with Crippen LogP contribution in [0, 0.1) is 10.8 Å². The van der Waals surface area contributed by atoms with Crippen molar-refractivity contribution in [3.63, 3.8) is 0 Å². The molecule has 5 heteroatoms. The number of hydrogen-bond donors (Lipinski definition) is 2. The van der Waals surface area contributed by atoms with E-state index >= 15 is 0 Å². The summed E-state index contributed by atoms with van der Waals surface area (Å²) in [6.07, 6.45) is 3.61. The van der Waals surface area contributed by atoms with Gasteiger partial charge in [-0.1, -0.05) is 20.8 Å². The number of carboxylic acid groups (broad SMARTS) is 1. The van der Waals surface area contributed by atoms with E-state index in [2.05, 4.69) is 19.2 Å². The lowest BCUT2D eigenvalue weighted by Crippen LogP contribution is -2.46. The van der Waals surface area contributed by atoms with Crippen molar-refractivity contribution in [2.45, 2.75) is 53.4 Å². The maximum atomic E-state index is 12.2. The highest BCUT2D eigenvalue weighted by atomic mass is 16.4. The number of rotatable bonds is 4. The Morgan fingerprint density at radius 1 is 1.30 bits per heavy atom. The third kappa shape index (κ3) is 4.39. The van der Waals surface area contributed by atoms with Gasteiger partial charge in [0.1, 0.15) is 0 Å². The molecule has 5 nitrogen and oxygen atoms in total. The highest BCUT2D eigenvalue weighted by Crippen LogP contribution is 2.29. The first-order chi connectivity index (χ1) is 9.20. The monoisotopic (exact) mass is 284 g/mol. The molecule has 1 saturated heterocycles. The smallest absolute Gasteiger partial charge is 0.317 e. The molecule has 2 amide bonds. The number of carboxylic acids is 1. The van der Waals surface area contributed by atoms with E-state index in [9.17, 15) is 14.7 Å². The van der Waals surface area contributed by atoms with Crippen molar-refractivity contribution in [1.82, 2.24) is 10.2 Å². The number of hydrogen-bond acceptors (Lipinski definition) is 2. The Morgan fingerprint density at radius 3 is 2.50 bits per heavy atom. The zero-order chi connectivity index (χ0) is 15.4. The fourth-order valence-electron chi connectivity index (χ4n) is 2.36. The molecular weight excluding hydrogens is 256 g/mol. The van der Waals surface area contributed by atoms with Crippen LogP contribution in [0.1, 0.15) is 53.4 Å². The largest absolute Gasteiger partial charge is 0.481 e. The van der Waals surface area contributed by atoms with Crippen molar-refractivity contribution in [2.24, 2.45) is 10.8 Å². The average molecular weight is 284 g/mol. The van der Waals surface area contributed by atoms with Gasteiger partial charge in [-0.05, 0) is 38.0 Å². The van der Waals surface area contributed by atoms with Crippen LogP contribution in [-0.2, 0) is 4.79 Å². The van der Waals surface area contributed by atoms with Crippen LogP contribution in [0.4, 0.5) is 4.79 Å². The van der Waals surface area contributed by atoms with Crippen LogP contribution in [-0.4, -0.2) is 41.6 Å². The van der Waals surface area contributed by atoms with E-state index in [1.807, 2.05) is 11.8 Å². The minimum Gasteiger partial charge on any atom is -0.481 e. The highest BCUT2D eigenvalue weighted by molar-refractivity contribution is 5.77. The fraction of sp³-hybridized carbons (Fsp3) is 0.867. The van der Waals surface area contributed by atoms with Crippen LogP contribution in [0.25, 0.3) is 0 Å². The molecule has 2 N–H and O–H groups in total.